The first-order valence-corrected chi connectivity index (χ1v) is 9.41. The van der Waals surface area contributed by atoms with Crippen molar-refractivity contribution in [1.29, 1.82) is 0 Å². The van der Waals surface area contributed by atoms with Crippen LogP contribution in [-0.2, 0) is 16.0 Å². The van der Waals surface area contributed by atoms with Crippen molar-refractivity contribution in [1.82, 2.24) is 5.32 Å². The lowest BCUT2D eigenvalue weighted by molar-refractivity contribution is -0.136. The summed E-state index contributed by atoms with van der Waals surface area (Å²) in [5.41, 5.74) is 2.43. The van der Waals surface area contributed by atoms with E-state index in [-0.39, 0.29) is 5.69 Å². The fourth-order valence-corrected chi connectivity index (χ4v) is 3.19. The molecule has 0 saturated carbocycles. The molecule has 148 valence electrons. The van der Waals surface area contributed by atoms with Gasteiger partial charge in [-0.15, -0.1) is 0 Å². The predicted molar refractivity (Wildman–Crippen MR) is 104 cm³/mol. The van der Waals surface area contributed by atoms with Crippen LogP contribution in [0.2, 0.25) is 0 Å². The van der Waals surface area contributed by atoms with Crippen molar-refractivity contribution < 1.29 is 18.4 Å². The van der Waals surface area contributed by atoms with Crippen LogP contribution in [0, 0.1) is 11.6 Å². The molecule has 2 aromatic rings. The lowest BCUT2D eigenvalue weighted by atomic mass is 10.1. The van der Waals surface area contributed by atoms with E-state index in [0.717, 1.165) is 31.6 Å². The van der Waals surface area contributed by atoms with Crippen LogP contribution < -0.4 is 15.5 Å². The molecular formula is C21H23F2N3O2. The summed E-state index contributed by atoms with van der Waals surface area (Å²) in [5, 5.41) is 4.77. The largest absolute Gasteiger partial charge is 0.372 e. The molecular weight excluding hydrogens is 364 g/mol. The Bertz CT molecular complexity index is 834. The Balaban J connectivity index is 1.38. The first-order valence-electron chi connectivity index (χ1n) is 9.41. The summed E-state index contributed by atoms with van der Waals surface area (Å²) in [6.07, 6.45) is 3.95. The smallest absolute Gasteiger partial charge is 0.313 e. The Morgan fingerprint density at radius 2 is 1.64 bits per heavy atom. The van der Waals surface area contributed by atoms with Crippen LogP contribution >= 0.6 is 0 Å². The van der Waals surface area contributed by atoms with Crippen LogP contribution in [0.5, 0.6) is 0 Å². The molecule has 7 heteroatoms. The number of carbonyl (C=O) groups excluding carboxylic acids is 2. The van der Waals surface area contributed by atoms with E-state index in [1.54, 1.807) is 0 Å². The summed E-state index contributed by atoms with van der Waals surface area (Å²) in [6.45, 7) is 2.56. The molecule has 0 atom stereocenters. The molecule has 1 saturated heterocycles. The summed E-state index contributed by atoms with van der Waals surface area (Å²) in [6, 6.07) is 11.3. The number of anilines is 2. The highest BCUT2D eigenvalue weighted by Crippen LogP contribution is 2.20. The molecule has 2 amide bonds. The Morgan fingerprint density at radius 1 is 0.929 bits per heavy atom. The molecule has 2 aromatic carbocycles. The minimum atomic E-state index is -1.09. The molecule has 0 aromatic heterocycles. The zero-order valence-electron chi connectivity index (χ0n) is 15.5. The third-order valence-corrected chi connectivity index (χ3v) is 4.72. The average Bonchev–Trinajstić information content (AvgIpc) is 3.23. The van der Waals surface area contributed by atoms with Crippen LogP contribution in [0.3, 0.4) is 0 Å². The molecule has 0 radical (unpaired) electrons. The van der Waals surface area contributed by atoms with Crippen molar-refractivity contribution in [2.75, 3.05) is 29.9 Å². The minimum absolute atomic E-state index is 0.0251. The summed E-state index contributed by atoms with van der Waals surface area (Å²) in [5.74, 6) is -3.83. The standard InChI is InChI=1S/C21H23F2N3O2/c22-18-10-7-16(14-19(18)23)25-21(28)20(27)24-11-3-4-15-5-8-17(9-6-15)26-12-1-2-13-26/h5-10,14H,1-4,11-13H2,(H,24,27)(H,25,28). The van der Waals surface area contributed by atoms with Crippen LogP contribution in [0.1, 0.15) is 24.8 Å². The summed E-state index contributed by atoms with van der Waals surface area (Å²) < 4.78 is 26.0. The van der Waals surface area contributed by atoms with Gasteiger partial charge >= 0.3 is 11.8 Å². The Morgan fingerprint density at radius 3 is 2.32 bits per heavy atom. The van der Waals surface area contributed by atoms with Gasteiger partial charge in [-0.25, -0.2) is 8.78 Å². The van der Waals surface area contributed by atoms with Crippen molar-refractivity contribution in [3.8, 4) is 0 Å². The van der Waals surface area contributed by atoms with Gasteiger partial charge in [-0.1, -0.05) is 12.1 Å². The van der Waals surface area contributed by atoms with Gasteiger partial charge < -0.3 is 15.5 Å². The number of hydrogen-bond acceptors (Lipinski definition) is 3. The molecule has 3 rings (SSSR count). The molecule has 1 heterocycles. The number of halogens is 2. The fraction of sp³-hybridized carbons (Fsp3) is 0.333. The van der Waals surface area contributed by atoms with Crippen LogP contribution in [-0.4, -0.2) is 31.4 Å². The van der Waals surface area contributed by atoms with E-state index < -0.39 is 23.4 Å². The molecule has 0 bridgehead atoms. The van der Waals surface area contributed by atoms with Gasteiger partial charge in [-0.3, -0.25) is 9.59 Å². The zero-order chi connectivity index (χ0) is 19.9. The molecule has 0 unspecified atom stereocenters. The molecule has 1 fully saturated rings. The van der Waals surface area contributed by atoms with Crippen molar-refractivity contribution in [2.24, 2.45) is 0 Å². The van der Waals surface area contributed by atoms with Crippen molar-refractivity contribution in [3.05, 3.63) is 59.7 Å². The SMILES string of the molecule is O=C(NCCCc1ccc(N2CCCC2)cc1)C(=O)Nc1ccc(F)c(F)c1. The third-order valence-electron chi connectivity index (χ3n) is 4.72. The van der Waals surface area contributed by atoms with Crippen molar-refractivity contribution in [2.45, 2.75) is 25.7 Å². The highest BCUT2D eigenvalue weighted by molar-refractivity contribution is 6.39. The third kappa shape index (κ3) is 5.28. The molecule has 1 aliphatic rings. The van der Waals surface area contributed by atoms with E-state index >= 15 is 0 Å². The number of hydrogen-bond donors (Lipinski definition) is 2. The maximum atomic E-state index is 13.1. The lowest BCUT2D eigenvalue weighted by Crippen LogP contribution is -2.36. The number of amides is 2. The number of nitrogens with zero attached hydrogens (tertiary/aromatic N) is 1. The Hall–Kier alpha value is -2.96. The van der Waals surface area contributed by atoms with E-state index in [1.165, 1.54) is 30.2 Å². The normalized spacial score (nSPS) is 13.4. The maximum Gasteiger partial charge on any atom is 0.313 e. The van der Waals surface area contributed by atoms with E-state index in [9.17, 15) is 18.4 Å². The van der Waals surface area contributed by atoms with Crippen molar-refractivity contribution in [3.63, 3.8) is 0 Å². The second kappa shape index (κ2) is 9.30. The molecule has 0 spiro atoms. The van der Waals surface area contributed by atoms with Crippen molar-refractivity contribution >= 4 is 23.2 Å². The highest BCUT2D eigenvalue weighted by atomic mass is 19.2. The maximum absolute atomic E-state index is 13.1. The van der Waals surface area contributed by atoms with Gasteiger partial charge in [0.2, 0.25) is 0 Å². The van der Waals surface area contributed by atoms with Crippen LogP contribution in [0.4, 0.5) is 20.2 Å². The molecule has 28 heavy (non-hydrogen) atoms. The molecule has 5 nitrogen and oxygen atoms in total. The lowest BCUT2D eigenvalue weighted by Gasteiger charge is -2.17. The zero-order valence-corrected chi connectivity index (χ0v) is 15.5. The van der Waals surface area contributed by atoms with Gasteiger partial charge in [0.1, 0.15) is 0 Å². The molecule has 0 aliphatic carbocycles. The van der Waals surface area contributed by atoms with Crippen LogP contribution in [0.25, 0.3) is 0 Å². The van der Waals surface area contributed by atoms with Gasteiger partial charge in [-0.05, 0) is 55.5 Å². The highest BCUT2D eigenvalue weighted by Gasteiger charge is 2.14. The number of carbonyl (C=O) groups is 2. The van der Waals surface area contributed by atoms with Gasteiger partial charge in [0.15, 0.2) is 11.6 Å². The van der Waals surface area contributed by atoms with Gasteiger partial charge in [-0.2, -0.15) is 0 Å². The fourth-order valence-electron chi connectivity index (χ4n) is 3.19. The summed E-state index contributed by atoms with van der Waals surface area (Å²) in [7, 11) is 0. The first kappa shape index (κ1) is 19.8. The Labute approximate surface area is 162 Å². The van der Waals surface area contributed by atoms with Gasteiger partial charge in [0.25, 0.3) is 0 Å². The first-order chi connectivity index (χ1) is 13.5. The predicted octanol–water partition coefficient (Wildman–Crippen LogP) is 3.25. The average molecular weight is 387 g/mol. The van der Waals surface area contributed by atoms with E-state index in [1.807, 2.05) is 0 Å². The van der Waals surface area contributed by atoms with E-state index in [0.29, 0.717) is 13.0 Å². The molecule has 2 N–H and O–H groups in total. The number of rotatable bonds is 6. The monoisotopic (exact) mass is 387 g/mol. The summed E-state index contributed by atoms with van der Waals surface area (Å²) in [4.78, 5) is 26.0. The number of benzene rings is 2. The quantitative estimate of drug-likeness (QED) is 0.591. The van der Waals surface area contributed by atoms with Gasteiger partial charge in [0, 0.05) is 37.1 Å². The minimum Gasteiger partial charge on any atom is -0.372 e. The molecule has 1 aliphatic heterocycles. The Kier molecular flexibility index (Phi) is 6.57. The van der Waals surface area contributed by atoms with E-state index in [4.69, 9.17) is 0 Å². The van der Waals surface area contributed by atoms with Gasteiger partial charge in [0.05, 0.1) is 0 Å². The summed E-state index contributed by atoms with van der Waals surface area (Å²) >= 11 is 0. The second-order valence-corrected chi connectivity index (χ2v) is 6.80. The van der Waals surface area contributed by atoms with Crippen LogP contribution in [0.15, 0.2) is 42.5 Å². The number of aryl methyl sites for hydroxylation is 1. The number of nitrogens with one attached hydrogen (secondary N) is 2. The van der Waals surface area contributed by atoms with E-state index in [2.05, 4.69) is 39.8 Å². The second-order valence-electron chi connectivity index (χ2n) is 6.80. The topological polar surface area (TPSA) is 61.4 Å².